The van der Waals surface area contributed by atoms with E-state index in [0.717, 1.165) is 50.0 Å². The number of aromatic nitrogens is 2. The van der Waals surface area contributed by atoms with E-state index in [2.05, 4.69) is 22.4 Å². The van der Waals surface area contributed by atoms with Crippen molar-refractivity contribution in [2.24, 2.45) is 5.92 Å². The molecule has 0 bridgehead atoms. The summed E-state index contributed by atoms with van der Waals surface area (Å²) in [7, 11) is 0. The van der Waals surface area contributed by atoms with Gasteiger partial charge in [0.25, 0.3) is 0 Å². The number of nitrogens with one attached hydrogen (secondary N) is 1. The Balaban J connectivity index is 1.73. The largest absolute Gasteiger partial charge is 0.339 e. The van der Waals surface area contributed by atoms with E-state index in [4.69, 9.17) is 4.52 Å². The Morgan fingerprint density at radius 2 is 2.38 bits per heavy atom. The predicted octanol–water partition coefficient (Wildman–Crippen LogP) is 1.95. The highest BCUT2D eigenvalue weighted by Gasteiger charge is 2.15. The molecular weight excluding hydrogens is 202 g/mol. The van der Waals surface area contributed by atoms with Gasteiger partial charge in [0.15, 0.2) is 5.82 Å². The van der Waals surface area contributed by atoms with Crippen molar-refractivity contribution in [2.75, 3.05) is 13.1 Å². The molecule has 16 heavy (non-hydrogen) atoms. The molecule has 90 valence electrons. The van der Waals surface area contributed by atoms with Crippen LogP contribution in [0.1, 0.15) is 44.3 Å². The number of aryl methyl sites for hydroxylation is 2. The van der Waals surface area contributed by atoms with Gasteiger partial charge in [0.2, 0.25) is 5.89 Å². The van der Waals surface area contributed by atoms with Crippen LogP contribution < -0.4 is 5.32 Å². The molecule has 1 fully saturated rings. The van der Waals surface area contributed by atoms with Crippen LogP contribution in [-0.2, 0) is 12.8 Å². The summed E-state index contributed by atoms with van der Waals surface area (Å²) in [5.41, 5.74) is 0. The van der Waals surface area contributed by atoms with Crippen molar-refractivity contribution >= 4 is 0 Å². The fraction of sp³-hybridized carbons (Fsp3) is 0.833. The van der Waals surface area contributed by atoms with Crippen LogP contribution >= 0.6 is 0 Å². The number of rotatable bonds is 6. The number of nitrogens with zero attached hydrogens (tertiary/aromatic N) is 2. The van der Waals surface area contributed by atoms with E-state index in [1.165, 1.54) is 19.3 Å². The lowest BCUT2D eigenvalue weighted by atomic mass is 10.0. The molecule has 1 saturated heterocycles. The summed E-state index contributed by atoms with van der Waals surface area (Å²) in [4.78, 5) is 4.41. The predicted molar refractivity (Wildman–Crippen MR) is 62.2 cm³/mol. The lowest BCUT2D eigenvalue weighted by Crippen LogP contribution is -2.09. The third-order valence-electron chi connectivity index (χ3n) is 3.19. The Hall–Kier alpha value is -0.900. The maximum absolute atomic E-state index is 5.24. The SMILES string of the molecule is CCCCc1noc(CCC2CCNC2)n1. The van der Waals surface area contributed by atoms with Crippen LogP contribution in [0.4, 0.5) is 0 Å². The van der Waals surface area contributed by atoms with Crippen LogP contribution in [0.3, 0.4) is 0 Å². The van der Waals surface area contributed by atoms with Crippen molar-refractivity contribution in [3.05, 3.63) is 11.7 Å². The topological polar surface area (TPSA) is 51.0 Å². The van der Waals surface area contributed by atoms with E-state index < -0.39 is 0 Å². The van der Waals surface area contributed by atoms with Gasteiger partial charge >= 0.3 is 0 Å². The molecule has 2 rings (SSSR count). The molecule has 1 aromatic heterocycles. The first-order valence-electron chi connectivity index (χ1n) is 6.40. The lowest BCUT2D eigenvalue weighted by Gasteiger charge is -2.03. The standard InChI is InChI=1S/C12H21N3O/c1-2-3-4-11-14-12(16-15-11)6-5-10-7-8-13-9-10/h10,13H,2-9H2,1H3. The molecule has 1 atom stereocenters. The highest BCUT2D eigenvalue weighted by Crippen LogP contribution is 2.15. The first-order chi connectivity index (χ1) is 7.88. The lowest BCUT2D eigenvalue weighted by molar-refractivity contribution is 0.360. The highest BCUT2D eigenvalue weighted by atomic mass is 16.5. The van der Waals surface area contributed by atoms with Gasteiger partial charge in [-0.3, -0.25) is 0 Å². The zero-order chi connectivity index (χ0) is 11.2. The van der Waals surface area contributed by atoms with Gasteiger partial charge in [-0.05, 0) is 38.3 Å². The van der Waals surface area contributed by atoms with E-state index in [1.54, 1.807) is 0 Å². The second-order valence-corrected chi connectivity index (χ2v) is 4.61. The van der Waals surface area contributed by atoms with E-state index in [9.17, 15) is 0 Å². The molecule has 1 aliphatic heterocycles. The van der Waals surface area contributed by atoms with E-state index in [0.29, 0.717) is 0 Å². The zero-order valence-electron chi connectivity index (χ0n) is 10.0. The summed E-state index contributed by atoms with van der Waals surface area (Å²) >= 11 is 0. The first-order valence-corrected chi connectivity index (χ1v) is 6.40. The second kappa shape index (κ2) is 5.99. The van der Waals surface area contributed by atoms with Crippen molar-refractivity contribution in [2.45, 2.75) is 45.4 Å². The smallest absolute Gasteiger partial charge is 0.226 e. The van der Waals surface area contributed by atoms with Crippen LogP contribution in [0.15, 0.2) is 4.52 Å². The maximum atomic E-state index is 5.24. The van der Waals surface area contributed by atoms with Crippen molar-refractivity contribution in [1.82, 2.24) is 15.5 Å². The van der Waals surface area contributed by atoms with Gasteiger partial charge in [0, 0.05) is 12.8 Å². The molecule has 4 nitrogen and oxygen atoms in total. The maximum Gasteiger partial charge on any atom is 0.226 e. The van der Waals surface area contributed by atoms with Gasteiger partial charge in [-0.25, -0.2) is 0 Å². The number of hydrogen-bond donors (Lipinski definition) is 1. The summed E-state index contributed by atoms with van der Waals surface area (Å²) in [6, 6.07) is 0. The van der Waals surface area contributed by atoms with Crippen LogP contribution in [0.5, 0.6) is 0 Å². The molecule has 0 radical (unpaired) electrons. The molecule has 0 aromatic carbocycles. The second-order valence-electron chi connectivity index (χ2n) is 4.61. The van der Waals surface area contributed by atoms with Gasteiger partial charge < -0.3 is 9.84 Å². The van der Waals surface area contributed by atoms with Crippen LogP contribution in [0.25, 0.3) is 0 Å². The molecule has 0 saturated carbocycles. The summed E-state index contributed by atoms with van der Waals surface area (Å²) in [5, 5.41) is 7.37. The summed E-state index contributed by atoms with van der Waals surface area (Å²) in [5.74, 6) is 2.49. The molecule has 1 aromatic rings. The van der Waals surface area contributed by atoms with Gasteiger partial charge in [-0.15, -0.1) is 0 Å². The molecule has 1 aliphatic rings. The molecule has 0 amide bonds. The summed E-state index contributed by atoms with van der Waals surface area (Å²) < 4.78 is 5.24. The van der Waals surface area contributed by atoms with Gasteiger partial charge in [0.1, 0.15) is 0 Å². The average molecular weight is 223 g/mol. The molecule has 0 spiro atoms. The Morgan fingerprint density at radius 1 is 1.44 bits per heavy atom. The van der Waals surface area contributed by atoms with Crippen molar-refractivity contribution in [1.29, 1.82) is 0 Å². The van der Waals surface area contributed by atoms with E-state index in [-0.39, 0.29) is 0 Å². The quantitative estimate of drug-likeness (QED) is 0.801. The molecule has 4 heteroatoms. The minimum Gasteiger partial charge on any atom is -0.339 e. The Kier molecular flexibility index (Phi) is 4.34. The van der Waals surface area contributed by atoms with Crippen LogP contribution in [0.2, 0.25) is 0 Å². The molecule has 1 unspecified atom stereocenters. The van der Waals surface area contributed by atoms with Crippen molar-refractivity contribution in [3.63, 3.8) is 0 Å². The van der Waals surface area contributed by atoms with Crippen molar-refractivity contribution < 1.29 is 4.52 Å². The van der Waals surface area contributed by atoms with Gasteiger partial charge in [-0.2, -0.15) is 4.98 Å². The van der Waals surface area contributed by atoms with Crippen molar-refractivity contribution in [3.8, 4) is 0 Å². The highest BCUT2D eigenvalue weighted by molar-refractivity contribution is 4.87. The Bertz CT molecular complexity index is 305. The fourth-order valence-electron chi connectivity index (χ4n) is 2.12. The number of hydrogen-bond acceptors (Lipinski definition) is 4. The van der Waals surface area contributed by atoms with E-state index in [1.807, 2.05) is 0 Å². The molecular formula is C12H21N3O. The minimum atomic E-state index is 0.797. The monoisotopic (exact) mass is 223 g/mol. The third kappa shape index (κ3) is 3.30. The average Bonchev–Trinajstić information content (AvgIpc) is 2.95. The molecule has 2 heterocycles. The molecule has 0 aliphatic carbocycles. The molecule has 1 N–H and O–H groups in total. The van der Waals surface area contributed by atoms with Gasteiger partial charge in [0.05, 0.1) is 0 Å². The minimum absolute atomic E-state index is 0.797. The third-order valence-corrected chi connectivity index (χ3v) is 3.19. The van der Waals surface area contributed by atoms with E-state index >= 15 is 0 Å². The Morgan fingerprint density at radius 3 is 3.12 bits per heavy atom. The number of unbranched alkanes of at least 4 members (excludes halogenated alkanes) is 1. The van der Waals surface area contributed by atoms with Crippen LogP contribution in [-0.4, -0.2) is 23.2 Å². The zero-order valence-corrected chi connectivity index (χ0v) is 10.0. The summed E-state index contributed by atoms with van der Waals surface area (Å²) in [6.07, 6.45) is 6.67. The van der Waals surface area contributed by atoms with Crippen LogP contribution in [0, 0.1) is 5.92 Å². The Labute approximate surface area is 96.8 Å². The fourth-order valence-corrected chi connectivity index (χ4v) is 2.12. The summed E-state index contributed by atoms with van der Waals surface area (Å²) in [6.45, 7) is 4.49. The normalized spacial score (nSPS) is 20.4. The van der Waals surface area contributed by atoms with Gasteiger partial charge in [-0.1, -0.05) is 18.5 Å². The first kappa shape index (κ1) is 11.6.